The minimum absolute atomic E-state index is 0.218. The number of anilines is 1. The summed E-state index contributed by atoms with van der Waals surface area (Å²) in [4.78, 5) is 11.8. The number of carbonyl (C=O) groups is 1. The summed E-state index contributed by atoms with van der Waals surface area (Å²) in [7, 11) is 0. The number of phenolic OH excluding ortho intramolecular Hbond substituents is 1. The third-order valence-corrected chi connectivity index (χ3v) is 3.34. The largest absolute Gasteiger partial charge is 0.505 e. The first-order valence-corrected chi connectivity index (χ1v) is 6.06. The van der Waals surface area contributed by atoms with Crippen LogP contribution in [0.25, 0.3) is 0 Å². The number of nitrogens with one attached hydrogen (secondary N) is 1. The molecule has 18 heavy (non-hydrogen) atoms. The monoisotopic (exact) mass is 252 g/mol. The van der Waals surface area contributed by atoms with Gasteiger partial charge in [0.2, 0.25) is 5.91 Å². The average molecular weight is 252 g/mol. The van der Waals surface area contributed by atoms with E-state index in [1.807, 2.05) is 0 Å². The Kier molecular flexibility index (Phi) is 3.52. The summed E-state index contributed by atoms with van der Waals surface area (Å²) in [6.07, 6.45) is 4.06. The summed E-state index contributed by atoms with van der Waals surface area (Å²) in [6.45, 7) is 0. The second-order valence-corrected chi connectivity index (χ2v) is 4.96. The van der Waals surface area contributed by atoms with Crippen LogP contribution >= 0.6 is 0 Å². The zero-order valence-electron chi connectivity index (χ0n) is 10.1. The van der Waals surface area contributed by atoms with Crippen LogP contribution in [0.3, 0.4) is 0 Å². The molecule has 5 heteroatoms. The number of amides is 1. The Hall–Kier alpha value is -1.62. The maximum absolute atomic E-state index is 13.1. The molecular weight excluding hydrogens is 235 g/mol. The van der Waals surface area contributed by atoms with Crippen molar-refractivity contribution in [3.8, 4) is 5.75 Å². The van der Waals surface area contributed by atoms with Crippen LogP contribution in [-0.4, -0.2) is 16.6 Å². The number of hydrogen-bond acceptors (Lipinski definition) is 3. The number of rotatable bonds is 3. The number of halogens is 1. The number of hydrogen-bond donors (Lipinski definition) is 3. The highest BCUT2D eigenvalue weighted by Gasteiger charge is 2.31. The van der Waals surface area contributed by atoms with Crippen LogP contribution in [-0.2, 0) is 4.79 Å². The van der Waals surface area contributed by atoms with E-state index < -0.39 is 17.1 Å². The van der Waals surface area contributed by atoms with Crippen molar-refractivity contribution in [3.63, 3.8) is 0 Å². The molecule has 2 rings (SSSR count). The Bertz CT molecular complexity index is 456. The molecule has 1 aliphatic carbocycles. The molecule has 98 valence electrons. The molecule has 0 heterocycles. The summed E-state index contributed by atoms with van der Waals surface area (Å²) >= 11 is 0. The number of carbonyl (C=O) groups excluding carboxylic acids is 1. The van der Waals surface area contributed by atoms with Gasteiger partial charge in [-0.3, -0.25) is 4.79 Å². The molecule has 1 amide bonds. The van der Waals surface area contributed by atoms with Crippen LogP contribution in [0.2, 0.25) is 0 Å². The lowest BCUT2D eigenvalue weighted by Gasteiger charge is -2.22. The Morgan fingerprint density at radius 1 is 1.44 bits per heavy atom. The molecule has 0 atom stereocenters. The Labute approximate surface area is 105 Å². The van der Waals surface area contributed by atoms with Gasteiger partial charge >= 0.3 is 0 Å². The van der Waals surface area contributed by atoms with Crippen LogP contribution in [0, 0.1) is 5.82 Å². The molecule has 0 saturated heterocycles. The zero-order chi connectivity index (χ0) is 13.2. The number of aromatic hydroxyl groups is 1. The summed E-state index contributed by atoms with van der Waals surface area (Å²) in [5.74, 6) is -1.40. The summed E-state index contributed by atoms with van der Waals surface area (Å²) in [5, 5.41) is 11.6. The van der Waals surface area contributed by atoms with Gasteiger partial charge in [-0.25, -0.2) is 4.39 Å². The first kappa shape index (κ1) is 12.8. The van der Waals surface area contributed by atoms with Gasteiger partial charge in [-0.05, 0) is 25.0 Å². The minimum atomic E-state index is -0.754. The van der Waals surface area contributed by atoms with Crippen molar-refractivity contribution in [2.75, 3.05) is 5.32 Å². The fourth-order valence-corrected chi connectivity index (χ4v) is 2.37. The predicted octanol–water partition coefficient (Wildman–Crippen LogP) is 2.13. The molecule has 1 fully saturated rings. The summed E-state index contributed by atoms with van der Waals surface area (Å²) in [6, 6.07) is 3.75. The molecule has 1 aromatic rings. The third kappa shape index (κ3) is 2.98. The van der Waals surface area contributed by atoms with E-state index in [1.165, 1.54) is 12.1 Å². The van der Waals surface area contributed by atoms with Gasteiger partial charge in [0.25, 0.3) is 0 Å². The molecule has 0 unspecified atom stereocenters. The van der Waals surface area contributed by atoms with Crippen LogP contribution in [0.4, 0.5) is 10.1 Å². The lowest BCUT2D eigenvalue weighted by atomic mass is 9.94. The predicted molar refractivity (Wildman–Crippen MR) is 66.7 cm³/mol. The maximum atomic E-state index is 13.1. The Morgan fingerprint density at radius 2 is 2.11 bits per heavy atom. The van der Waals surface area contributed by atoms with Crippen molar-refractivity contribution in [1.29, 1.82) is 0 Å². The van der Waals surface area contributed by atoms with E-state index in [2.05, 4.69) is 5.32 Å². The van der Waals surface area contributed by atoms with E-state index >= 15 is 0 Å². The van der Waals surface area contributed by atoms with Crippen molar-refractivity contribution in [3.05, 3.63) is 24.0 Å². The van der Waals surface area contributed by atoms with E-state index in [0.717, 1.165) is 31.7 Å². The topological polar surface area (TPSA) is 75.4 Å². The van der Waals surface area contributed by atoms with Gasteiger partial charge in [-0.1, -0.05) is 12.8 Å². The van der Waals surface area contributed by atoms with Gasteiger partial charge in [0.15, 0.2) is 11.6 Å². The number of phenols is 1. The Balaban J connectivity index is 1.96. The summed E-state index contributed by atoms with van der Waals surface area (Å²) < 4.78 is 13.1. The Morgan fingerprint density at radius 3 is 2.72 bits per heavy atom. The van der Waals surface area contributed by atoms with Crippen LogP contribution in [0.1, 0.15) is 32.1 Å². The van der Waals surface area contributed by atoms with Crippen LogP contribution in [0.5, 0.6) is 5.75 Å². The normalized spacial score (nSPS) is 17.7. The minimum Gasteiger partial charge on any atom is -0.505 e. The van der Waals surface area contributed by atoms with Gasteiger partial charge in [0.1, 0.15) is 0 Å². The zero-order valence-corrected chi connectivity index (χ0v) is 10.1. The second kappa shape index (κ2) is 4.94. The lowest BCUT2D eigenvalue weighted by molar-refractivity contribution is -0.117. The molecule has 4 N–H and O–H groups in total. The van der Waals surface area contributed by atoms with Gasteiger partial charge in [-0.15, -0.1) is 0 Å². The van der Waals surface area contributed by atoms with Crippen molar-refractivity contribution in [1.82, 2.24) is 0 Å². The van der Waals surface area contributed by atoms with Crippen molar-refractivity contribution in [2.45, 2.75) is 37.6 Å². The van der Waals surface area contributed by atoms with Crippen molar-refractivity contribution >= 4 is 11.6 Å². The van der Waals surface area contributed by atoms with E-state index in [4.69, 9.17) is 10.8 Å². The standard InChI is InChI=1S/C13H17FN2O2/c14-10-7-9(3-4-11(10)17)16-12(18)8-13(15)5-1-2-6-13/h3-4,7,17H,1-2,5-6,8,15H2,(H,16,18). The molecule has 0 aliphatic heterocycles. The highest BCUT2D eigenvalue weighted by atomic mass is 19.1. The molecule has 0 aromatic heterocycles. The van der Waals surface area contributed by atoms with Gasteiger partial charge in [-0.2, -0.15) is 0 Å². The fraction of sp³-hybridized carbons (Fsp3) is 0.462. The van der Waals surface area contributed by atoms with Gasteiger partial charge < -0.3 is 16.2 Å². The first-order valence-electron chi connectivity index (χ1n) is 6.06. The van der Waals surface area contributed by atoms with E-state index in [0.29, 0.717) is 5.69 Å². The van der Waals surface area contributed by atoms with E-state index in [1.54, 1.807) is 0 Å². The first-order chi connectivity index (χ1) is 8.48. The third-order valence-electron chi connectivity index (χ3n) is 3.34. The highest BCUT2D eigenvalue weighted by molar-refractivity contribution is 5.91. The SMILES string of the molecule is NC1(CC(=O)Nc2ccc(O)c(F)c2)CCCC1. The highest BCUT2D eigenvalue weighted by Crippen LogP contribution is 2.30. The quantitative estimate of drug-likeness (QED) is 0.721. The van der Waals surface area contributed by atoms with Crippen molar-refractivity contribution in [2.24, 2.45) is 5.73 Å². The average Bonchev–Trinajstić information content (AvgIpc) is 2.70. The molecule has 1 saturated carbocycles. The summed E-state index contributed by atoms with van der Waals surface area (Å²) in [5.41, 5.74) is 6.01. The smallest absolute Gasteiger partial charge is 0.226 e. The van der Waals surface area contributed by atoms with Gasteiger partial charge in [0.05, 0.1) is 0 Å². The molecule has 0 bridgehead atoms. The molecular formula is C13H17FN2O2. The molecule has 0 radical (unpaired) electrons. The lowest BCUT2D eigenvalue weighted by Crippen LogP contribution is -2.40. The maximum Gasteiger partial charge on any atom is 0.226 e. The second-order valence-electron chi connectivity index (χ2n) is 4.96. The fourth-order valence-electron chi connectivity index (χ4n) is 2.37. The van der Waals surface area contributed by atoms with E-state index in [9.17, 15) is 9.18 Å². The van der Waals surface area contributed by atoms with Crippen LogP contribution in [0.15, 0.2) is 18.2 Å². The van der Waals surface area contributed by atoms with Crippen molar-refractivity contribution < 1.29 is 14.3 Å². The number of nitrogens with two attached hydrogens (primary N) is 1. The van der Waals surface area contributed by atoms with E-state index in [-0.39, 0.29) is 12.3 Å². The van der Waals surface area contributed by atoms with Crippen LogP contribution < -0.4 is 11.1 Å². The number of benzene rings is 1. The molecule has 0 spiro atoms. The molecule has 4 nitrogen and oxygen atoms in total. The molecule has 1 aliphatic rings. The van der Waals surface area contributed by atoms with Gasteiger partial charge in [0, 0.05) is 23.7 Å². The molecule has 1 aromatic carbocycles.